The van der Waals surface area contributed by atoms with Gasteiger partial charge in [0.05, 0.1) is 6.54 Å². The maximum atomic E-state index is 12.0. The van der Waals surface area contributed by atoms with Crippen LogP contribution in [0.4, 0.5) is 5.13 Å². The van der Waals surface area contributed by atoms with Crippen molar-refractivity contribution in [3.63, 3.8) is 0 Å². The summed E-state index contributed by atoms with van der Waals surface area (Å²) in [5.74, 6) is 0.475. The van der Waals surface area contributed by atoms with Gasteiger partial charge in [-0.2, -0.15) is 0 Å². The Morgan fingerprint density at radius 2 is 2.14 bits per heavy atom. The van der Waals surface area contributed by atoms with E-state index >= 15 is 0 Å². The summed E-state index contributed by atoms with van der Waals surface area (Å²) in [5.41, 5.74) is 7.80. The molecule has 0 bridgehead atoms. The summed E-state index contributed by atoms with van der Waals surface area (Å²) in [4.78, 5) is 12.0. The van der Waals surface area contributed by atoms with Crippen LogP contribution in [0.15, 0.2) is 18.2 Å². The zero-order chi connectivity index (χ0) is 15.4. The summed E-state index contributed by atoms with van der Waals surface area (Å²) < 4.78 is 5.64. The topological polar surface area (TPSA) is 90.1 Å². The monoisotopic (exact) mass is 306 g/mol. The molecule has 1 unspecified atom stereocenters. The predicted molar refractivity (Wildman–Crippen MR) is 82.2 cm³/mol. The van der Waals surface area contributed by atoms with E-state index in [0.717, 1.165) is 5.56 Å². The van der Waals surface area contributed by atoms with E-state index in [1.54, 1.807) is 6.92 Å². The first-order valence-corrected chi connectivity index (χ1v) is 7.37. The smallest absolute Gasteiger partial charge is 0.261 e. The fourth-order valence-electron chi connectivity index (χ4n) is 1.69. The first-order valence-electron chi connectivity index (χ1n) is 6.55. The average molecular weight is 306 g/mol. The van der Waals surface area contributed by atoms with Crippen molar-refractivity contribution in [3.8, 4) is 5.75 Å². The molecule has 1 heterocycles. The lowest BCUT2D eigenvalue weighted by Gasteiger charge is -2.15. The van der Waals surface area contributed by atoms with Crippen LogP contribution in [0, 0.1) is 13.8 Å². The molecule has 1 aromatic heterocycles. The lowest BCUT2D eigenvalue weighted by molar-refractivity contribution is -0.127. The fraction of sp³-hybridized carbons (Fsp3) is 0.357. The highest BCUT2D eigenvalue weighted by Gasteiger charge is 2.15. The third-order valence-corrected chi connectivity index (χ3v) is 3.81. The minimum Gasteiger partial charge on any atom is -0.481 e. The number of carbonyl (C=O) groups excluding carboxylic acids is 1. The number of aromatic nitrogens is 2. The van der Waals surface area contributed by atoms with Crippen molar-refractivity contribution in [1.29, 1.82) is 0 Å². The van der Waals surface area contributed by atoms with Crippen molar-refractivity contribution in [2.24, 2.45) is 0 Å². The van der Waals surface area contributed by atoms with Crippen LogP contribution in [0.5, 0.6) is 5.75 Å². The van der Waals surface area contributed by atoms with Gasteiger partial charge in [0.2, 0.25) is 5.13 Å². The van der Waals surface area contributed by atoms with E-state index in [0.29, 0.717) is 22.4 Å². The van der Waals surface area contributed by atoms with Crippen LogP contribution in [0.3, 0.4) is 0 Å². The molecule has 1 amide bonds. The Kier molecular flexibility index (Phi) is 4.74. The maximum absolute atomic E-state index is 12.0. The highest BCUT2D eigenvalue weighted by atomic mass is 32.1. The van der Waals surface area contributed by atoms with E-state index in [4.69, 9.17) is 10.5 Å². The van der Waals surface area contributed by atoms with E-state index in [9.17, 15) is 4.79 Å². The zero-order valence-corrected chi connectivity index (χ0v) is 13.0. The number of hydrogen-bond acceptors (Lipinski definition) is 6. The Balaban J connectivity index is 1.88. The molecule has 2 rings (SSSR count). The number of rotatable bonds is 5. The van der Waals surface area contributed by atoms with E-state index in [1.807, 2.05) is 32.0 Å². The molecule has 7 heteroatoms. The van der Waals surface area contributed by atoms with Gasteiger partial charge in [-0.3, -0.25) is 4.79 Å². The van der Waals surface area contributed by atoms with Gasteiger partial charge in [-0.15, -0.1) is 10.2 Å². The highest BCUT2D eigenvalue weighted by Crippen LogP contribution is 2.18. The number of anilines is 1. The molecule has 0 saturated carbocycles. The predicted octanol–water partition coefficient (Wildman–Crippen LogP) is 1.82. The largest absolute Gasteiger partial charge is 0.481 e. The summed E-state index contributed by atoms with van der Waals surface area (Å²) in [7, 11) is 0. The van der Waals surface area contributed by atoms with Gasteiger partial charge in [0.15, 0.2) is 6.10 Å². The number of aryl methyl sites for hydroxylation is 2. The number of hydrogen-bond donors (Lipinski definition) is 2. The van der Waals surface area contributed by atoms with Crippen molar-refractivity contribution in [2.45, 2.75) is 33.4 Å². The van der Waals surface area contributed by atoms with Crippen LogP contribution < -0.4 is 15.8 Å². The number of nitrogens with two attached hydrogens (primary N) is 1. The second kappa shape index (κ2) is 6.53. The second-order valence-electron chi connectivity index (χ2n) is 4.76. The third kappa shape index (κ3) is 4.16. The van der Waals surface area contributed by atoms with Crippen LogP contribution in [-0.2, 0) is 11.3 Å². The Hall–Kier alpha value is -2.15. The molecule has 0 saturated heterocycles. The van der Waals surface area contributed by atoms with Gasteiger partial charge in [-0.05, 0) is 44.0 Å². The molecule has 0 aliphatic heterocycles. The number of nitrogens with one attached hydrogen (secondary N) is 1. The van der Waals surface area contributed by atoms with Crippen molar-refractivity contribution < 1.29 is 9.53 Å². The summed E-state index contributed by atoms with van der Waals surface area (Å²) >= 11 is 1.25. The summed E-state index contributed by atoms with van der Waals surface area (Å²) in [5, 5.41) is 11.3. The highest BCUT2D eigenvalue weighted by molar-refractivity contribution is 7.15. The SMILES string of the molecule is Cc1ccc(OC(C)C(=O)NCc2nnc(N)s2)cc1C. The molecule has 21 heavy (non-hydrogen) atoms. The van der Waals surface area contributed by atoms with Crippen LogP contribution in [0.1, 0.15) is 23.1 Å². The third-order valence-electron chi connectivity index (χ3n) is 3.06. The van der Waals surface area contributed by atoms with Gasteiger partial charge >= 0.3 is 0 Å². The van der Waals surface area contributed by atoms with Crippen LogP contribution in [-0.4, -0.2) is 22.2 Å². The number of nitrogen functional groups attached to an aromatic ring is 1. The molecular weight excluding hydrogens is 288 g/mol. The van der Waals surface area contributed by atoms with Crippen LogP contribution in [0.2, 0.25) is 0 Å². The molecular formula is C14H18N4O2S. The lowest BCUT2D eigenvalue weighted by atomic mass is 10.1. The van der Waals surface area contributed by atoms with Gasteiger partial charge in [-0.25, -0.2) is 0 Å². The van der Waals surface area contributed by atoms with Gasteiger partial charge < -0.3 is 15.8 Å². The maximum Gasteiger partial charge on any atom is 0.261 e. The van der Waals surface area contributed by atoms with E-state index in [1.165, 1.54) is 16.9 Å². The Morgan fingerprint density at radius 1 is 1.38 bits per heavy atom. The first-order chi connectivity index (χ1) is 9.95. The van der Waals surface area contributed by atoms with E-state index in [2.05, 4.69) is 15.5 Å². The summed E-state index contributed by atoms with van der Waals surface area (Å²) in [6, 6.07) is 5.75. The number of amides is 1. The molecule has 0 fully saturated rings. The molecule has 0 aliphatic carbocycles. The molecule has 1 atom stereocenters. The zero-order valence-electron chi connectivity index (χ0n) is 12.2. The van der Waals surface area contributed by atoms with Gasteiger partial charge in [0.1, 0.15) is 10.8 Å². The minimum atomic E-state index is -0.586. The number of nitrogens with zero attached hydrogens (tertiary/aromatic N) is 2. The molecule has 0 aliphatic rings. The molecule has 3 N–H and O–H groups in total. The molecule has 112 valence electrons. The van der Waals surface area contributed by atoms with E-state index < -0.39 is 6.10 Å². The summed E-state index contributed by atoms with van der Waals surface area (Å²) in [6.45, 7) is 6.04. The van der Waals surface area contributed by atoms with Crippen LogP contribution >= 0.6 is 11.3 Å². The lowest BCUT2D eigenvalue weighted by Crippen LogP contribution is -2.35. The molecule has 0 radical (unpaired) electrons. The first kappa shape index (κ1) is 15.2. The van der Waals surface area contributed by atoms with Crippen molar-refractivity contribution >= 4 is 22.4 Å². The van der Waals surface area contributed by atoms with Gasteiger partial charge in [0, 0.05) is 0 Å². The average Bonchev–Trinajstić information content (AvgIpc) is 2.86. The fourth-order valence-corrected chi connectivity index (χ4v) is 2.24. The molecule has 1 aromatic carbocycles. The normalized spacial score (nSPS) is 12.0. The van der Waals surface area contributed by atoms with Crippen molar-refractivity contribution in [1.82, 2.24) is 15.5 Å². The van der Waals surface area contributed by atoms with Crippen molar-refractivity contribution in [3.05, 3.63) is 34.3 Å². The van der Waals surface area contributed by atoms with Crippen LogP contribution in [0.25, 0.3) is 0 Å². The molecule has 2 aromatic rings. The number of ether oxygens (including phenoxy) is 1. The Morgan fingerprint density at radius 3 is 2.76 bits per heavy atom. The second-order valence-corrected chi connectivity index (χ2v) is 5.85. The number of benzene rings is 1. The number of carbonyl (C=O) groups is 1. The summed E-state index contributed by atoms with van der Waals surface area (Å²) in [6.07, 6.45) is -0.586. The minimum absolute atomic E-state index is 0.206. The standard InChI is InChI=1S/C14H18N4O2S/c1-8-4-5-11(6-9(8)2)20-10(3)13(19)16-7-12-17-18-14(15)21-12/h4-6,10H,7H2,1-3H3,(H2,15,18)(H,16,19). The quantitative estimate of drug-likeness (QED) is 0.879. The van der Waals surface area contributed by atoms with Gasteiger partial charge in [-0.1, -0.05) is 17.4 Å². The van der Waals surface area contributed by atoms with E-state index in [-0.39, 0.29) is 5.91 Å². The van der Waals surface area contributed by atoms with Crippen molar-refractivity contribution in [2.75, 3.05) is 5.73 Å². The molecule has 6 nitrogen and oxygen atoms in total. The Bertz CT molecular complexity index is 642. The molecule has 0 spiro atoms. The Labute approximate surface area is 127 Å². The van der Waals surface area contributed by atoms with Gasteiger partial charge in [0.25, 0.3) is 5.91 Å².